The number of hydrogen-bond acceptors (Lipinski definition) is 4. The van der Waals surface area contributed by atoms with Gasteiger partial charge < -0.3 is 15.1 Å². The van der Waals surface area contributed by atoms with Crippen molar-refractivity contribution in [2.24, 2.45) is 0 Å². The van der Waals surface area contributed by atoms with Crippen molar-refractivity contribution in [3.8, 4) is 0 Å². The van der Waals surface area contributed by atoms with Gasteiger partial charge in [0, 0.05) is 57.9 Å². The van der Waals surface area contributed by atoms with Crippen molar-refractivity contribution in [2.75, 3.05) is 44.6 Å². The number of piperidine rings is 1. The number of piperazine rings is 1. The van der Waals surface area contributed by atoms with Crippen LogP contribution in [0.15, 0.2) is 115 Å². The first-order chi connectivity index (χ1) is 23.1. The van der Waals surface area contributed by atoms with E-state index >= 15 is 0 Å². The van der Waals surface area contributed by atoms with E-state index in [1.54, 1.807) is 0 Å². The smallest absolute Gasteiger partial charge is 0.322 e. The van der Waals surface area contributed by atoms with Crippen molar-refractivity contribution in [3.05, 3.63) is 138 Å². The lowest BCUT2D eigenvalue weighted by Crippen LogP contribution is -2.50. The summed E-state index contributed by atoms with van der Waals surface area (Å²) >= 11 is 0. The standard InChI is InChI=1S/C40H45N5O2/c46-39(44-28-26-43(27-29-44)38(32-14-6-2-7-15-32)33-16-8-3-9-17-33)36-18-10-11-19-37(36)41-40(47)45(34-20-21-34)35-22-24-42(25-23-35)30-31-12-4-1-5-13-31/h1-19,34-35,38H,20-30H2,(H,41,47). The molecule has 0 spiro atoms. The second-order valence-electron chi connectivity index (χ2n) is 13.2. The first kappa shape index (κ1) is 31.2. The number of rotatable bonds is 9. The molecule has 1 N–H and O–H groups in total. The second-order valence-corrected chi connectivity index (χ2v) is 13.2. The number of anilines is 1. The van der Waals surface area contributed by atoms with Gasteiger partial charge >= 0.3 is 6.03 Å². The summed E-state index contributed by atoms with van der Waals surface area (Å²) in [5.41, 5.74) is 5.01. The zero-order valence-electron chi connectivity index (χ0n) is 27.1. The Hall–Kier alpha value is -4.46. The van der Waals surface area contributed by atoms with E-state index in [9.17, 15) is 9.59 Å². The quantitative estimate of drug-likeness (QED) is 0.220. The Balaban J connectivity index is 0.991. The van der Waals surface area contributed by atoms with Gasteiger partial charge in [0.1, 0.15) is 0 Å². The summed E-state index contributed by atoms with van der Waals surface area (Å²) in [4.78, 5) is 36.8. The number of urea groups is 1. The lowest BCUT2D eigenvalue weighted by Gasteiger charge is -2.40. The second kappa shape index (κ2) is 14.5. The fraction of sp³-hybridized carbons (Fsp3) is 0.350. The molecule has 0 atom stereocenters. The summed E-state index contributed by atoms with van der Waals surface area (Å²) in [5.74, 6) is -0.0243. The highest BCUT2D eigenvalue weighted by Crippen LogP contribution is 2.34. The Morgan fingerprint density at radius 1 is 0.638 bits per heavy atom. The largest absolute Gasteiger partial charge is 0.336 e. The molecule has 7 rings (SSSR count). The van der Waals surface area contributed by atoms with Gasteiger partial charge in [-0.15, -0.1) is 0 Å². The van der Waals surface area contributed by atoms with Crippen molar-refractivity contribution in [1.82, 2.24) is 19.6 Å². The third-order valence-electron chi connectivity index (χ3n) is 9.97. The van der Waals surface area contributed by atoms with E-state index in [-0.39, 0.29) is 24.0 Å². The lowest BCUT2D eigenvalue weighted by molar-refractivity contribution is 0.0598. The molecule has 4 aromatic carbocycles. The minimum Gasteiger partial charge on any atom is -0.336 e. The van der Waals surface area contributed by atoms with Crippen molar-refractivity contribution in [3.63, 3.8) is 0 Å². The van der Waals surface area contributed by atoms with Crippen molar-refractivity contribution < 1.29 is 9.59 Å². The predicted octanol–water partition coefficient (Wildman–Crippen LogP) is 6.89. The van der Waals surface area contributed by atoms with Gasteiger partial charge in [0.25, 0.3) is 5.91 Å². The molecule has 47 heavy (non-hydrogen) atoms. The normalized spacial score (nSPS) is 17.9. The topological polar surface area (TPSA) is 59.1 Å². The molecule has 1 aliphatic carbocycles. The number of hydrogen-bond donors (Lipinski definition) is 1. The predicted molar refractivity (Wildman–Crippen MR) is 187 cm³/mol. The van der Waals surface area contributed by atoms with Crippen LogP contribution in [0.4, 0.5) is 10.5 Å². The molecule has 4 aromatic rings. The van der Waals surface area contributed by atoms with Crippen LogP contribution in [-0.2, 0) is 6.54 Å². The summed E-state index contributed by atoms with van der Waals surface area (Å²) in [6.45, 7) is 5.71. The third kappa shape index (κ3) is 7.42. The molecule has 3 amide bonds. The summed E-state index contributed by atoms with van der Waals surface area (Å²) in [5, 5.41) is 3.19. The minimum absolute atomic E-state index is 0.0243. The van der Waals surface area contributed by atoms with Crippen LogP contribution in [0.1, 0.15) is 58.8 Å². The van der Waals surface area contributed by atoms with E-state index in [1.165, 1.54) is 16.7 Å². The van der Waals surface area contributed by atoms with Gasteiger partial charge in [0.05, 0.1) is 17.3 Å². The molecule has 0 radical (unpaired) electrons. The highest BCUT2D eigenvalue weighted by Gasteiger charge is 2.39. The molecule has 0 aromatic heterocycles. The Kier molecular flexibility index (Phi) is 9.63. The van der Waals surface area contributed by atoms with Gasteiger partial charge in [-0.3, -0.25) is 14.6 Å². The lowest BCUT2D eigenvalue weighted by atomic mass is 9.96. The van der Waals surface area contributed by atoms with E-state index in [0.717, 1.165) is 58.4 Å². The molecule has 2 aliphatic heterocycles. The maximum absolute atomic E-state index is 14.0. The number of amides is 3. The summed E-state index contributed by atoms with van der Waals surface area (Å²) in [6.07, 6.45) is 4.04. The van der Waals surface area contributed by atoms with Crippen LogP contribution in [0.25, 0.3) is 0 Å². The molecule has 1 saturated carbocycles. The molecule has 2 heterocycles. The van der Waals surface area contributed by atoms with Gasteiger partial charge in [-0.25, -0.2) is 4.79 Å². The van der Waals surface area contributed by atoms with E-state index in [1.807, 2.05) is 29.2 Å². The van der Waals surface area contributed by atoms with Crippen molar-refractivity contribution >= 4 is 17.6 Å². The van der Waals surface area contributed by atoms with E-state index in [0.29, 0.717) is 30.4 Å². The maximum Gasteiger partial charge on any atom is 0.322 e. The number of nitrogens with one attached hydrogen (secondary N) is 1. The zero-order chi connectivity index (χ0) is 32.0. The fourth-order valence-electron chi connectivity index (χ4n) is 7.38. The Morgan fingerprint density at radius 2 is 1.17 bits per heavy atom. The molecular weight excluding hydrogens is 582 g/mol. The van der Waals surface area contributed by atoms with Crippen LogP contribution >= 0.6 is 0 Å². The van der Waals surface area contributed by atoms with Gasteiger partial charge in [-0.1, -0.05) is 103 Å². The summed E-state index contributed by atoms with van der Waals surface area (Å²) in [7, 11) is 0. The molecule has 3 aliphatic rings. The van der Waals surface area contributed by atoms with Crippen LogP contribution in [0.5, 0.6) is 0 Å². The summed E-state index contributed by atoms with van der Waals surface area (Å²) in [6, 6.07) is 39.9. The summed E-state index contributed by atoms with van der Waals surface area (Å²) < 4.78 is 0. The van der Waals surface area contributed by atoms with E-state index in [2.05, 4.69) is 111 Å². The Morgan fingerprint density at radius 3 is 1.77 bits per heavy atom. The van der Waals surface area contributed by atoms with Crippen LogP contribution in [0.3, 0.4) is 0 Å². The number of nitrogens with zero attached hydrogens (tertiary/aromatic N) is 4. The molecule has 7 heteroatoms. The average Bonchev–Trinajstić information content (AvgIpc) is 3.96. The average molecular weight is 628 g/mol. The molecule has 0 bridgehead atoms. The number of benzene rings is 4. The maximum atomic E-state index is 14.0. The van der Waals surface area contributed by atoms with Crippen LogP contribution < -0.4 is 5.32 Å². The number of likely N-dealkylation sites (tertiary alicyclic amines) is 1. The SMILES string of the molecule is O=C(c1ccccc1NC(=O)N(C1CC1)C1CCN(Cc2ccccc2)CC1)N1CCN(C(c2ccccc2)c2ccccc2)CC1. The number of para-hydroxylation sites is 1. The highest BCUT2D eigenvalue weighted by molar-refractivity contribution is 6.03. The highest BCUT2D eigenvalue weighted by atomic mass is 16.2. The first-order valence-corrected chi connectivity index (χ1v) is 17.2. The van der Waals surface area contributed by atoms with Crippen LogP contribution in [-0.4, -0.2) is 82.9 Å². The molecule has 2 saturated heterocycles. The Bertz CT molecular complexity index is 1570. The van der Waals surface area contributed by atoms with Gasteiger partial charge in [-0.05, 0) is 54.5 Å². The van der Waals surface area contributed by atoms with Crippen LogP contribution in [0.2, 0.25) is 0 Å². The van der Waals surface area contributed by atoms with Gasteiger partial charge in [-0.2, -0.15) is 0 Å². The zero-order valence-corrected chi connectivity index (χ0v) is 27.1. The minimum atomic E-state index is -0.0763. The fourth-order valence-corrected chi connectivity index (χ4v) is 7.38. The third-order valence-corrected chi connectivity index (χ3v) is 9.97. The molecule has 242 valence electrons. The molecule has 3 fully saturated rings. The van der Waals surface area contributed by atoms with Crippen LogP contribution in [0, 0.1) is 0 Å². The van der Waals surface area contributed by atoms with Gasteiger partial charge in [0.15, 0.2) is 0 Å². The number of carbonyl (C=O) groups excluding carboxylic acids is 2. The molecule has 7 nitrogen and oxygen atoms in total. The monoisotopic (exact) mass is 627 g/mol. The Labute approximate surface area is 278 Å². The van der Waals surface area contributed by atoms with E-state index in [4.69, 9.17) is 0 Å². The number of carbonyl (C=O) groups is 2. The van der Waals surface area contributed by atoms with E-state index < -0.39 is 0 Å². The molecule has 0 unspecified atom stereocenters. The van der Waals surface area contributed by atoms with Crippen molar-refractivity contribution in [2.45, 2.75) is 50.4 Å². The molecular formula is C40H45N5O2. The van der Waals surface area contributed by atoms with Gasteiger partial charge in [0.2, 0.25) is 0 Å². The van der Waals surface area contributed by atoms with Crippen molar-refractivity contribution in [1.29, 1.82) is 0 Å². The first-order valence-electron chi connectivity index (χ1n) is 17.2.